The number of para-hydroxylation sites is 1. The number of halogens is 1. The molecule has 0 aromatic heterocycles. The highest BCUT2D eigenvalue weighted by molar-refractivity contribution is 5.92. The highest BCUT2D eigenvalue weighted by Gasteiger charge is 2.55. The molecule has 1 spiro atoms. The molecule has 0 N–H and O–H groups in total. The third kappa shape index (κ3) is 2.15. The molecular weight excluding hydrogens is 243 g/mol. The van der Waals surface area contributed by atoms with Gasteiger partial charge in [0.2, 0.25) is 0 Å². The van der Waals surface area contributed by atoms with Crippen molar-refractivity contribution in [2.45, 2.75) is 51.0 Å². The second kappa shape index (κ2) is 4.95. The number of benzene rings is 1. The van der Waals surface area contributed by atoms with Gasteiger partial charge in [0.1, 0.15) is 11.9 Å². The number of hydrogen-bond acceptors (Lipinski definition) is 2. The summed E-state index contributed by atoms with van der Waals surface area (Å²) in [6.45, 7) is 0. The molecule has 2 saturated carbocycles. The topological polar surface area (TPSA) is 26.3 Å². The molecule has 2 fully saturated rings. The van der Waals surface area contributed by atoms with Crippen LogP contribution < -0.4 is 4.74 Å². The highest BCUT2D eigenvalue weighted by atomic mass is 19.1. The first-order valence-electron chi connectivity index (χ1n) is 7.17. The van der Waals surface area contributed by atoms with Crippen LogP contribution in [0.3, 0.4) is 0 Å². The van der Waals surface area contributed by atoms with Crippen LogP contribution in [0, 0.1) is 11.2 Å². The molecule has 2 aliphatic rings. The molecule has 3 heteroatoms. The van der Waals surface area contributed by atoms with Crippen LogP contribution in [-0.4, -0.2) is 11.9 Å². The van der Waals surface area contributed by atoms with E-state index in [-0.39, 0.29) is 23.1 Å². The van der Waals surface area contributed by atoms with Gasteiger partial charge in [-0.05, 0) is 25.0 Å². The number of carbonyl (C=O) groups excluding carboxylic acids is 1. The Morgan fingerprint density at radius 1 is 1.11 bits per heavy atom. The van der Waals surface area contributed by atoms with Crippen molar-refractivity contribution < 1.29 is 13.9 Å². The Morgan fingerprint density at radius 3 is 2.42 bits per heavy atom. The zero-order valence-electron chi connectivity index (χ0n) is 11.0. The fraction of sp³-hybridized carbons (Fsp3) is 0.562. The van der Waals surface area contributed by atoms with Crippen LogP contribution in [0.25, 0.3) is 0 Å². The van der Waals surface area contributed by atoms with E-state index in [1.54, 1.807) is 18.2 Å². The Morgan fingerprint density at radius 2 is 1.79 bits per heavy atom. The molecule has 0 bridgehead atoms. The largest absolute Gasteiger partial charge is 0.486 e. The molecule has 0 heterocycles. The lowest BCUT2D eigenvalue weighted by molar-refractivity contribution is -0.154. The van der Waals surface area contributed by atoms with E-state index in [1.807, 2.05) is 0 Å². The molecule has 1 unspecified atom stereocenters. The van der Waals surface area contributed by atoms with E-state index >= 15 is 0 Å². The first-order chi connectivity index (χ1) is 9.22. The molecule has 1 aromatic rings. The Balaban J connectivity index is 1.78. The van der Waals surface area contributed by atoms with E-state index in [2.05, 4.69) is 0 Å². The summed E-state index contributed by atoms with van der Waals surface area (Å²) < 4.78 is 19.4. The molecular formula is C16H19FO2. The molecule has 102 valence electrons. The number of carbonyl (C=O) groups is 1. The zero-order valence-corrected chi connectivity index (χ0v) is 11.0. The third-order valence-corrected chi connectivity index (χ3v) is 4.64. The SMILES string of the molecule is O=C1CC(Oc2ccccc2F)C12CCCCCC2. The van der Waals surface area contributed by atoms with Crippen molar-refractivity contribution in [2.75, 3.05) is 0 Å². The average molecular weight is 262 g/mol. The quantitative estimate of drug-likeness (QED) is 0.808. The van der Waals surface area contributed by atoms with Crippen LogP contribution in [0.15, 0.2) is 24.3 Å². The Kier molecular flexibility index (Phi) is 3.29. The molecule has 2 aliphatic carbocycles. The first kappa shape index (κ1) is 12.6. The maximum atomic E-state index is 13.6. The fourth-order valence-corrected chi connectivity index (χ4v) is 3.42. The minimum absolute atomic E-state index is 0.130. The number of hydrogen-bond donors (Lipinski definition) is 0. The second-order valence-electron chi connectivity index (χ2n) is 5.73. The standard InChI is InChI=1S/C16H19FO2/c17-12-7-3-4-8-13(12)19-15-11-14(18)16(15)9-5-1-2-6-10-16/h3-4,7-8,15H,1-2,5-6,9-11H2. The van der Waals surface area contributed by atoms with Crippen molar-refractivity contribution in [3.63, 3.8) is 0 Å². The van der Waals surface area contributed by atoms with E-state index in [1.165, 1.54) is 18.9 Å². The van der Waals surface area contributed by atoms with Crippen LogP contribution in [-0.2, 0) is 4.79 Å². The van der Waals surface area contributed by atoms with E-state index in [0.717, 1.165) is 25.7 Å². The van der Waals surface area contributed by atoms with Gasteiger partial charge in [0, 0.05) is 6.42 Å². The van der Waals surface area contributed by atoms with Gasteiger partial charge in [0.25, 0.3) is 0 Å². The number of rotatable bonds is 2. The normalized spacial score (nSPS) is 25.7. The van der Waals surface area contributed by atoms with Crippen molar-refractivity contribution in [1.29, 1.82) is 0 Å². The van der Waals surface area contributed by atoms with Crippen LogP contribution >= 0.6 is 0 Å². The molecule has 0 radical (unpaired) electrons. The zero-order chi connectivity index (χ0) is 13.3. The highest BCUT2D eigenvalue weighted by Crippen LogP contribution is 2.49. The van der Waals surface area contributed by atoms with Gasteiger partial charge in [-0.25, -0.2) is 4.39 Å². The monoisotopic (exact) mass is 262 g/mol. The minimum atomic E-state index is -0.342. The Hall–Kier alpha value is -1.38. The molecule has 0 amide bonds. The van der Waals surface area contributed by atoms with Gasteiger partial charge in [-0.15, -0.1) is 0 Å². The molecule has 1 atom stereocenters. The molecule has 19 heavy (non-hydrogen) atoms. The van der Waals surface area contributed by atoms with Crippen molar-refractivity contribution in [3.05, 3.63) is 30.1 Å². The Bertz CT molecular complexity index is 475. The van der Waals surface area contributed by atoms with Gasteiger partial charge >= 0.3 is 0 Å². The molecule has 1 aromatic carbocycles. The number of ether oxygens (including phenoxy) is 1. The van der Waals surface area contributed by atoms with Crippen molar-refractivity contribution >= 4 is 5.78 Å². The van der Waals surface area contributed by atoms with E-state index < -0.39 is 0 Å². The summed E-state index contributed by atoms with van der Waals surface area (Å²) in [6, 6.07) is 6.45. The summed E-state index contributed by atoms with van der Waals surface area (Å²) in [5.41, 5.74) is -0.321. The lowest BCUT2D eigenvalue weighted by atomic mass is 9.60. The van der Waals surface area contributed by atoms with Crippen LogP contribution in [0.5, 0.6) is 5.75 Å². The van der Waals surface area contributed by atoms with Gasteiger partial charge in [0.05, 0.1) is 5.41 Å². The summed E-state index contributed by atoms with van der Waals surface area (Å²) in [4.78, 5) is 12.1. The lowest BCUT2D eigenvalue weighted by Crippen LogP contribution is -2.56. The van der Waals surface area contributed by atoms with Crippen molar-refractivity contribution in [3.8, 4) is 5.75 Å². The van der Waals surface area contributed by atoms with Crippen LogP contribution in [0.2, 0.25) is 0 Å². The first-order valence-corrected chi connectivity index (χ1v) is 7.17. The predicted molar refractivity (Wildman–Crippen MR) is 70.6 cm³/mol. The molecule has 0 aliphatic heterocycles. The van der Waals surface area contributed by atoms with Crippen molar-refractivity contribution in [1.82, 2.24) is 0 Å². The molecule has 3 rings (SSSR count). The minimum Gasteiger partial charge on any atom is -0.486 e. The summed E-state index contributed by atoms with van der Waals surface area (Å²) >= 11 is 0. The van der Waals surface area contributed by atoms with E-state index in [0.29, 0.717) is 12.2 Å². The fourth-order valence-electron chi connectivity index (χ4n) is 3.42. The predicted octanol–water partition coefficient (Wildman–Crippen LogP) is 3.89. The van der Waals surface area contributed by atoms with E-state index in [4.69, 9.17) is 4.74 Å². The Labute approximate surface area is 113 Å². The second-order valence-corrected chi connectivity index (χ2v) is 5.73. The van der Waals surface area contributed by atoms with Gasteiger partial charge in [-0.1, -0.05) is 37.8 Å². The van der Waals surface area contributed by atoms with Gasteiger partial charge in [-0.2, -0.15) is 0 Å². The lowest BCUT2D eigenvalue weighted by Gasteiger charge is -2.47. The molecule has 2 nitrogen and oxygen atoms in total. The van der Waals surface area contributed by atoms with E-state index in [9.17, 15) is 9.18 Å². The maximum Gasteiger partial charge on any atom is 0.165 e. The van der Waals surface area contributed by atoms with Gasteiger partial charge in [-0.3, -0.25) is 4.79 Å². The summed E-state index contributed by atoms with van der Waals surface area (Å²) in [6.07, 6.45) is 6.69. The maximum absolute atomic E-state index is 13.6. The van der Waals surface area contributed by atoms with Crippen LogP contribution in [0.4, 0.5) is 4.39 Å². The van der Waals surface area contributed by atoms with Crippen LogP contribution in [0.1, 0.15) is 44.9 Å². The smallest absolute Gasteiger partial charge is 0.165 e. The number of ketones is 1. The summed E-state index contributed by atoms with van der Waals surface area (Å²) in [7, 11) is 0. The number of Topliss-reactive ketones (excluding diaryl/α,β-unsaturated/α-hetero) is 1. The van der Waals surface area contributed by atoms with Crippen molar-refractivity contribution in [2.24, 2.45) is 5.41 Å². The summed E-state index contributed by atoms with van der Waals surface area (Å²) in [5, 5.41) is 0. The third-order valence-electron chi connectivity index (χ3n) is 4.64. The molecule has 0 saturated heterocycles. The average Bonchev–Trinajstić information content (AvgIpc) is 2.68. The van der Waals surface area contributed by atoms with Gasteiger partial charge in [0.15, 0.2) is 11.6 Å². The summed E-state index contributed by atoms with van der Waals surface area (Å²) in [5.74, 6) is 0.255. The van der Waals surface area contributed by atoms with Gasteiger partial charge < -0.3 is 4.74 Å².